The third-order valence-electron chi connectivity index (χ3n) is 5.33. The summed E-state index contributed by atoms with van der Waals surface area (Å²) in [5, 5.41) is 0. The summed E-state index contributed by atoms with van der Waals surface area (Å²) in [7, 11) is 0. The van der Waals surface area contributed by atoms with E-state index in [2.05, 4.69) is 26.0 Å². The molecule has 1 atom stereocenters. The van der Waals surface area contributed by atoms with Crippen molar-refractivity contribution in [2.24, 2.45) is 0 Å². The summed E-state index contributed by atoms with van der Waals surface area (Å²) < 4.78 is 5.94. The van der Waals surface area contributed by atoms with Crippen molar-refractivity contribution in [1.82, 2.24) is 0 Å². The normalized spacial score (nSPS) is 13.8. The molecule has 0 aromatic heterocycles. The van der Waals surface area contributed by atoms with E-state index in [-0.39, 0.29) is 12.1 Å². The van der Waals surface area contributed by atoms with Crippen molar-refractivity contribution in [3.8, 4) is 11.1 Å². The molecule has 0 N–H and O–H groups in total. The molecule has 0 saturated heterocycles. The average Bonchev–Trinajstić information content (AvgIpc) is 3.01. The largest absolute Gasteiger partial charge is 0.449 e. The Morgan fingerprint density at radius 3 is 1.96 bits per heavy atom. The summed E-state index contributed by atoms with van der Waals surface area (Å²) >= 11 is 0. The molecule has 0 bridgehead atoms. The maximum absolute atomic E-state index is 12.7. The van der Waals surface area contributed by atoms with Crippen molar-refractivity contribution in [1.29, 1.82) is 0 Å². The molecule has 0 aliphatic heterocycles. The summed E-state index contributed by atoms with van der Waals surface area (Å²) in [6, 6.07) is 24.1. The maximum Gasteiger partial charge on any atom is 0.339 e. The fourth-order valence-corrected chi connectivity index (χ4v) is 3.59. The van der Waals surface area contributed by atoms with Crippen LogP contribution in [-0.4, -0.2) is 5.97 Å². The lowest BCUT2D eigenvalue weighted by atomic mass is 9.98. The second-order valence-corrected chi connectivity index (χ2v) is 6.89. The quantitative estimate of drug-likeness (QED) is 0.533. The van der Waals surface area contributed by atoms with Crippen LogP contribution < -0.4 is 0 Å². The van der Waals surface area contributed by atoms with Crippen molar-refractivity contribution in [3.63, 3.8) is 0 Å². The smallest absolute Gasteiger partial charge is 0.339 e. The Hall–Kier alpha value is -2.87. The molecule has 26 heavy (non-hydrogen) atoms. The second-order valence-electron chi connectivity index (χ2n) is 6.89. The Labute approximate surface area is 154 Å². The van der Waals surface area contributed by atoms with Gasteiger partial charge in [0.25, 0.3) is 0 Å². The molecule has 0 fully saturated rings. The van der Waals surface area contributed by atoms with Gasteiger partial charge < -0.3 is 4.74 Å². The van der Waals surface area contributed by atoms with E-state index in [1.165, 1.54) is 5.56 Å². The Kier molecular flexibility index (Phi) is 4.34. The minimum Gasteiger partial charge on any atom is -0.449 e. The molecule has 1 aliphatic rings. The van der Waals surface area contributed by atoms with E-state index < -0.39 is 0 Å². The van der Waals surface area contributed by atoms with Gasteiger partial charge in [-0.1, -0.05) is 74.5 Å². The van der Waals surface area contributed by atoms with Gasteiger partial charge in [-0.2, -0.15) is 0 Å². The van der Waals surface area contributed by atoms with Crippen LogP contribution in [0.3, 0.4) is 0 Å². The highest BCUT2D eigenvalue weighted by Crippen LogP contribution is 2.45. The van der Waals surface area contributed by atoms with E-state index in [1.807, 2.05) is 60.7 Å². The summed E-state index contributed by atoms with van der Waals surface area (Å²) in [6.07, 6.45) is 0.739. The van der Waals surface area contributed by atoms with Gasteiger partial charge in [-0.25, -0.2) is 4.79 Å². The number of rotatable bonds is 4. The second kappa shape index (κ2) is 6.80. The SMILES string of the molecule is CCC(C)c1ccc(C(=O)OC2c3ccccc3-c3ccccc32)cc1. The first-order chi connectivity index (χ1) is 12.7. The van der Waals surface area contributed by atoms with Gasteiger partial charge in [0, 0.05) is 11.1 Å². The van der Waals surface area contributed by atoms with E-state index in [0.717, 1.165) is 28.7 Å². The van der Waals surface area contributed by atoms with Gasteiger partial charge in [-0.15, -0.1) is 0 Å². The minimum absolute atomic E-state index is 0.280. The van der Waals surface area contributed by atoms with Crippen LogP contribution in [0.4, 0.5) is 0 Å². The molecular weight excluding hydrogens is 320 g/mol. The highest BCUT2D eigenvalue weighted by molar-refractivity contribution is 5.90. The Balaban J connectivity index is 1.62. The van der Waals surface area contributed by atoms with E-state index in [0.29, 0.717) is 11.5 Å². The summed E-state index contributed by atoms with van der Waals surface area (Å²) in [5.41, 5.74) is 6.25. The van der Waals surface area contributed by atoms with Gasteiger partial charge in [-0.3, -0.25) is 0 Å². The lowest BCUT2D eigenvalue weighted by Crippen LogP contribution is -2.11. The van der Waals surface area contributed by atoms with E-state index in [9.17, 15) is 4.79 Å². The number of carbonyl (C=O) groups is 1. The first-order valence-electron chi connectivity index (χ1n) is 9.18. The van der Waals surface area contributed by atoms with Crippen molar-refractivity contribution in [3.05, 3.63) is 95.1 Å². The summed E-state index contributed by atoms with van der Waals surface area (Å²) in [5.74, 6) is 0.214. The highest BCUT2D eigenvalue weighted by Gasteiger charge is 2.31. The number of hydrogen-bond acceptors (Lipinski definition) is 2. The highest BCUT2D eigenvalue weighted by atomic mass is 16.5. The minimum atomic E-state index is -0.343. The summed E-state index contributed by atoms with van der Waals surface area (Å²) in [4.78, 5) is 12.7. The number of hydrogen-bond donors (Lipinski definition) is 0. The van der Waals surface area contributed by atoms with Crippen molar-refractivity contribution >= 4 is 5.97 Å². The van der Waals surface area contributed by atoms with E-state index in [4.69, 9.17) is 4.74 Å². The molecular formula is C24H22O2. The van der Waals surface area contributed by atoms with Gasteiger partial charge >= 0.3 is 5.97 Å². The Morgan fingerprint density at radius 1 is 0.885 bits per heavy atom. The first kappa shape index (κ1) is 16.6. The van der Waals surface area contributed by atoms with Crippen molar-refractivity contribution < 1.29 is 9.53 Å². The maximum atomic E-state index is 12.7. The standard InChI is InChI=1S/C24H22O2/c1-3-16(2)17-12-14-18(15-13-17)24(25)26-23-21-10-6-4-8-19(21)20-9-5-7-11-22(20)23/h4-16,23H,3H2,1-2H3. The first-order valence-corrected chi connectivity index (χ1v) is 9.18. The fourth-order valence-electron chi connectivity index (χ4n) is 3.59. The van der Waals surface area contributed by atoms with Crippen LogP contribution in [0.1, 0.15) is 59.3 Å². The van der Waals surface area contributed by atoms with Gasteiger partial charge in [0.1, 0.15) is 0 Å². The number of carbonyl (C=O) groups excluding carboxylic acids is 1. The number of esters is 1. The van der Waals surface area contributed by atoms with Crippen LogP contribution in [0.15, 0.2) is 72.8 Å². The molecule has 1 aliphatic carbocycles. The van der Waals surface area contributed by atoms with Gasteiger partial charge in [0.05, 0.1) is 5.56 Å². The Bertz CT molecular complexity index is 895. The molecule has 0 heterocycles. The van der Waals surface area contributed by atoms with Gasteiger partial charge in [0.15, 0.2) is 6.10 Å². The molecule has 130 valence electrons. The van der Waals surface area contributed by atoms with Crippen LogP contribution in [0.25, 0.3) is 11.1 Å². The van der Waals surface area contributed by atoms with Crippen LogP contribution >= 0.6 is 0 Å². The third kappa shape index (κ3) is 2.82. The van der Waals surface area contributed by atoms with E-state index in [1.54, 1.807) is 0 Å². The molecule has 3 aromatic rings. The molecule has 0 spiro atoms. The molecule has 2 heteroatoms. The van der Waals surface area contributed by atoms with E-state index >= 15 is 0 Å². The number of benzene rings is 3. The number of ether oxygens (including phenoxy) is 1. The van der Waals surface area contributed by atoms with Crippen LogP contribution in [0, 0.1) is 0 Å². The molecule has 0 amide bonds. The Morgan fingerprint density at radius 2 is 1.42 bits per heavy atom. The average molecular weight is 342 g/mol. The van der Waals surface area contributed by atoms with Crippen molar-refractivity contribution in [2.45, 2.75) is 32.3 Å². The lowest BCUT2D eigenvalue weighted by molar-refractivity contribution is 0.0385. The topological polar surface area (TPSA) is 26.3 Å². The van der Waals surface area contributed by atoms with Crippen LogP contribution in [-0.2, 0) is 4.74 Å². The zero-order valence-electron chi connectivity index (χ0n) is 15.1. The molecule has 3 aromatic carbocycles. The zero-order valence-corrected chi connectivity index (χ0v) is 15.1. The number of fused-ring (bicyclic) bond motifs is 3. The molecule has 4 rings (SSSR count). The predicted octanol–water partition coefficient (Wildman–Crippen LogP) is 6.13. The fraction of sp³-hybridized carbons (Fsp3) is 0.208. The molecule has 2 nitrogen and oxygen atoms in total. The third-order valence-corrected chi connectivity index (χ3v) is 5.33. The summed E-state index contributed by atoms with van der Waals surface area (Å²) in [6.45, 7) is 4.36. The van der Waals surface area contributed by atoms with Crippen LogP contribution in [0.5, 0.6) is 0 Å². The molecule has 0 saturated carbocycles. The van der Waals surface area contributed by atoms with Gasteiger partial charge in [0.2, 0.25) is 0 Å². The molecule has 1 unspecified atom stereocenters. The van der Waals surface area contributed by atoms with Gasteiger partial charge in [-0.05, 0) is 41.2 Å². The lowest BCUT2D eigenvalue weighted by Gasteiger charge is -2.16. The zero-order chi connectivity index (χ0) is 18.1. The predicted molar refractivity (Wildman–Crippen MR) is 104 cm³/mol. The molecule has 0 radical (unpaired) electrons. The van der Waals surface area contributed by atoms with Crippen LogP contribution in [0.2, 0.25) is 0 Å². The monoisotopic (exact) mass is 342 g/mol. The van der Waals surface area contributed by atoms with Crippen molar-refractivity contribution in [2.75, 3.05) is 0 Å².